The van der Waals surface area contributed by atoms with Crippen molar-refractivity contribution in [2.45, 2.75) is 19.9 Å². The van der Waals surface area contributed by atoms with Gasteiger partial charge in [0.2, 0.25) is 5.91 Å². The number of ether oxygens (including phenoxy) is 2. The Bertz CT molecular complexity index is 804. The average molecular weight is 340 g/mol. The van der Waals surface area contributed by atoms with Crippen LogP contribution in [0.3, 0.4) is 0 Å². The van der Waals surface area contributed by atoms with Gasteiger partial charge in [0.05, 0.1) is 6.04 Å². The van der Waals surface area contributed by atoms with Crippen LogP contribution < -0.4 is 20.1 Å². The van der Waals surface area contributed by atoms with Crippen LogP contribution in [-0.2, 0) is 4.79 Å². The third-order valence-electron chi connectivity index (χ3n) is 3.86. The molecule has 0 bridgehead atoms. The van der Waals surface area contributed by atoms with Crippen LogP contribution in [0.25, 0.3) is 0 Å². The summed E-state index contributed by atoms with van der Waals surface area (Å²) in [4.78, 5) is 23.6. The Morgan fingerprint density at radius 1 is 1.04 bits per heavy atom. The van der Waals surface area contributed by atoms with Crippen molar-refractivity contribution in [1.29, 1.82) is 0 Å². The van der Waals surface area contributed by atoms with Gasteiger partial charge in [-0.2, -0.15) is 0 Å². The number of benzene rings is 2. The maximum absolute atomic E-state index is 12.5. The van der Waals surface area contributed by atoms with Crippen LogP contribution in [0.5, 0.6) is 11.5 Å². The molecule has 2 N–H and O–H groups in total. The molecule has 1 aliphatic rings. The number of nitrogens with one attached hydrogen (secondary N) is 2. The first kappa shape index (κ1) is 16.8. The number of anilines is 1. The summed E-state index contributed by atoms with van der Waals surface area (Å²) in [5.74, 6) is 1.02. The van der Waals surface area contributed by atoms with Crippen molar-refractivity contribution in [3.8, 4) is 11.5 Å². The largest absolute Gasteiger partial charge is 0.486 e. The first-order valence-corrected chi connectivity index (χ1v) is 8.11. The molecule has 1 atom stereocenters. The molecule has 0 fully saturated rings. The van der Waals surface area contributed by atoms with Crippen LogP contribution in [-0.4, -0.2) is 25.0 Å². The van der Waals surface area contributed by atoms with Crippen molar-refractivity contribution < 1.29 is 19.1 Å². The number of rotatable bonds is 4. The molecule has 0 saturated heterocycles. The summed E-state index contributed by atoms with van der Waals surface area (Å²) >= 11 is 0. The molecular weight excluding hydrogens is 320 g/mol. The number of hydrogen-bond acceptors (Lipinski definition) is 4. The lowest BCUT2D eigenvalue weighted by Gasteiger charge is -2.21. The molecule has 0 aliphatic carbocycles. The molecule has 1 unspecified atom stereocenters. The number of fused-ring (bicyclic) bond motifs is 1. The van der Waals surface area contributed by atoms with E-state index in [1.807, 2.05) is 25.1 Å². The van der Waals surface area contributed by atoms with Crippen molar-refractivity contribution in [2.24, 2.45) is 0 Å². The minimum absolute atomic E-state index is 0.179. The lowest BCUT2D eigenvalue weighted by atomic mass is 10.1. The molecule has 2 aromatic rings. The Morgan fingerprint density at radius 3 is 2.56 bits per heavy atom. The molecule has 25 heavy (non-hydrogen) atoms. The Morgan fingerprint density at radius 2 is 1.80 bits per heavy atom. The standard InChI is InChI=1S/C19H20N2O4/c1-12(14-6-7-17-18(11-14)25-9-8-24-17)20-19(23)15-4-3-5-16(10-15)21-13(2)22/h3-7,10-12H,8-9H2,1-2H3,(H,20,23)(H,21,22). The Hall–Kier alpha value is -3.02. The van der Waals surface area contributed by atoms with Gasteiger partial charge in [-0.25, -0.2) is 0 Å². The normalized spacial score (nSPS) is 13.7. The number of hydrogen-bond donors (Lipinski definition) is 2. The molecular formula is C19H20N2O4. The van der Waals surface area contributed by atoms with E-state index in [2.05, 4.69) is 10.6 Å². The minimum Gasteiger partial charge on any atom is -0.486 e. The summed E-state index contributed by atoms with van der Waals surface area (Å²) in [5, 5.41) is 5.62. The fraction of sp³-hybridized carbons (Fsp3) is 0.263. The van der Waals surface area contributed by atoms with E-state index in [0.717, 1.165) is 11.3 Å². The van der Waals surface area contributed by atoms with E-state index in [4.69, 9.17) is 9.47 Å². The first-order valence-electron chi connectivity index (χ1n) is 8.11. The molecule has 2 amide bonds. The highest BCUT2D eigenvalue weighted by Gasteiger charge is 2.16. The molecule has 6 nitrogen and oxygen atoms in total. The summed E-state index contributed by atoms with van der Waals surface area (Å²) in [5.41, 5.74) is 2.00. The number of carbonyl (C=O) groups excluding carboxylic acids is 2. The second-order valence-corrected chi connectivity index (χ2v) is 5.86. The van der Waals surface area contributed by atoms with Gasteiger partial charge in [0.25, 0.3) is 5.91 Å². The highest BCUT2D eigenvalue weighted by atomic mass is 16.6. The van der Waals surface area contributed by atoms with Gasteiger partial charge < -0.3 is 20.1 Å². The quantitative estimate of drug-likeness (QED) is 0.897. The average Bonchev–Trinajstić information content (AvgIpc) is 2.61. The highest BCUT2D eigenvalue weighted by molar-refractivity contribution is 5.97. The summed E-state index contributed by atoms with van der Waals surface area (Å²) in [6, 6.07) is 12.3. The summed E-state index contributed by atoms with van der Waals surface area (Å²) in [7, 11) is 0. The second-order valence-electron chi connectivity index (χ2n) is 5.86. The second kappa shape index (κ2) is 7.25. The van der Waals surface area contributed by atoms with E-state index in [-0.39, 0.29) is 17.9 Å². The van der Waals surface area contributed by atoms with Crippen LogP contribution in [0.2, 0.25) is 0 Å². The Balaban J connectivity index is 1.71. The van der Waals surface area contributed by atoms with Crippen molar-refractivity contribution in [3.05, 3.63) is 53.6 Å². The predicted octanol–water partition coefficient (Wildman–Crippen LogP) is 2.91. The van der Waals surface area contributed by atoms with Gasteiger partial charge in [-0.15, -0.1) is 0 Å². The van der Waals surface area contributed by atoms with Gasteiger partial charge in [-0.1, -0.05) is 12.1 Å². The van der Waals surface area contributed by atoms with Crippen molar-refractivity contribution in [1.82, 2.24) is 5.32 Å². The summed E-state index contributed by atoms with van der Waals surface area (Å²) < 4.78 is 11.1. The summed E-state index contributed by atoms with van der Waals surface area (Å²) in [6.45, 7) is 4.40. The Kier molecular flexibility index (Phi) is 4.88. The third kappa shape index (κ3) is 4.09. The fourth-order valence-corrected chi connectivity index (χ4v) is 2.63. The van der Waals surface area contributed by atoms with Crippen LogP contribution >= 0.6 is 0 Å². The van der Waals surface area contributed by atoms with E-state index in [1.54, 1.807) is 24.3 Å². The van der Waals surface area contributed by atoms with E-state index in [0.29, 0.717) is 30.2 Å². The Labute approximate surface area is 146 Å². The molecule has 1 heterocycles. The van der Waals surface area contributed by atoms with Crippen LogP contribution in [0.4, 0.5) is 5.69 Å². The zero-order valence-electron chi connectivity index (χ0n) is 14.2. The van der Waals surface area contributed by atoms with Crippen LogP contribution in [0.15, 0.2) is 42.5 Å². The molecule has 1 aliphatic heterocycles. The van der Waals surface area contributed by atoms with Gasteiger partial charge in [0, 0.05) is 18.2 Å². The predicted molar refractivity (Wildman–Crippen MR) is 94.1 cm³/mol. The van der Waals surface area contributed by atoms with Crippen molar-refractivity contribution in [2.75, 3.05) is 18.5 Å². The number of amides is 2. The summed E-state index contributed by atoms with van der Waals surface area (Å²) in [6.07, 6.45) is 0. The molecule has 0 radical (unpaired) electrons. The third-order valence-corrected chi connectivity index (χ3v) is 3.86. The lowest BCUT2D eigenvalue weighted by Crippen LogP contribution is -2.27. The van der Waals surface area contributed by atoms with E-state index >= 15 is 0 Å². The van der Waals surface area contributed by atoms with E-state index in [9.17, 15) is 9.59 Å². The van der Waals surface area contributed by atoms with Crippen molar-refractivity contribution in [3.63, 3.8) is 0 Å². The molecule has 2 aromatic carbocycles. The number of carbonyl (C=O) groups is 2. The molecule has 130 valence electrons. The van der Waals surface area contributed by atoms with Gasteiger partial charge >= 0.3 is 0 Å². The first-order chi connectivity index (χ1) is 12.0. The van der Waals surface area contributed by atoms with Crippen LogP contribution in [0, 0.1) is 0 Å². The van der Waals surface area contributed by atoms with Gasteiger partial charge in [0.1, 0.15) is 13.2 Å². The molecule has 0 saturated carbocycles. The van der Waals surface area contributed by atoms with E-state index in [1.165, 1.54) is 6.92 Å². The SMILES string of the molecule is CC(=O)Nc1cccc(C(=O)NC(C)c2ccc3c(c2)OCCO3)c1. The smallest absolute Gasteiger partial charge is 0.251 e. The van der Waals surface area contributed by atoms with Gasteiger partial charge in [0.15, 0.2) is 11.5 Å². The van der Waals surface area contributed by atoms with Crippen LogP contribution in [0.1, 0.15) is 35.8 Å². The maximum atomic E-state index is 12.5. The fourth-order valence-electron chi connectivity index (χ4n) is 2.63. The van der Waals surface area contributed by atoms with Gasteiger partial charge in [-0.3, -0.25) is 9.59 Å². The minimum atomic E-state index is -0.213. The zero-order valence-corrected chi connectivity index (χ0v) is 14.2. The van der Waals surface area contributed by atoms with Gasteiger partial charge in [-0.05, 0) is 42.8 Å². The molecule has 0 aromatic heterocycles. The molecule has 6 heteroatoms. The lowest BCUT2D eigenvalue weighted by molar-refractivity contribution is -0.114. The zero-order chi connectivity index (χ0) is 17.8. The highest BCUT2D eigenvalue weighted by Crippen LogP contribution is 2.32. The monoisotopic (exact) mass is 340 g/mol. The topological polar surface area (TPSA) is 76.7 Å². The molecule has 0 spiro atoms. The van der Waals surface area contributed by atoms with E-state index < -0.39 is 0 Å². The van der Waals surface area contributed by atoms with Crippen molar-refractivity contribution >= 4 is 17.5 Å². The molecule has 3 rings (SSSR count). The maximum Gasteiger partial charge on any atom is 0.251 e.